The highest BCUT2D eigenvalue weighted by atomic mass is 31.2. The SMILES string of the molecule is CC1=[N+](CCCOP(=O)(O)OCC[N+](C)(C)C)c2ccc3ccccc3c2C1(C)C. The second-order valence-corrected chi connectivity index (χ2v) is 11.0. The third-order valence-corrected chi connectivity index (χ3v) is 6.95. The molecule has 164 valence electrons. The Morgan fingerprint density at radius 2 is 1.73 bits per heavy atom. The van der Waals surface area contributed by atoms with Gasteiger partial charge in [0.05, 0.1) is 33.2 Å². The second kappa shape index (κ2) is 8.52. The number of benzene rings is 2. The molecule has 1 unspecified atom stereocenters. The fourth-order valence-electron chi connectivity index (χ4n) is 4.00. The second-order valence-electron chi connectivity index (χ2n) is 9.55. The van der Waals surface area contributed by atoms with Gasteiger partial charge in [0.25, 0.3) is 0 Å². The van der Waals surface area contributed by atoms with Crippen molar-refractivity contribution in [1.82, 2.24) is 0 Å². The van der Waals surface area contributed by atoms with Gasteiger partial charge in [-0.05, 0) is 30.7 Å². The van der Waals surface area contributed by atoms with E-state index in [0.717, 1.165) is 6.54 Å². The minimum absolute atomic E-state index is 0.0718. The zero-order valence-corrected chi connectivity index (χ0v) is 19.9. The topological polar surface area (TPSA) is 58.8 Å². The molecule has 3 rings (SSSR count). The summed E-state index contributed by atoms with van der Waals surface area (Å²) in [6.07, 6.45) is 0.628. The third kappa shape index (κ3) is 5.01. The standard InChI is InChI=1S/C23H34N2O4P/c1-18-23(2,3)22-20-11-8-7-10-19(20)12-13-21(22)24(18)14-9-16-28-30(26,27)29-17-15-25(4,5)6/h7-8,10-13H,9,14-17H2,1-6H3/q+1/p+1. The molecule has 2 aromatic rings. The monoisotopic (exact) mass is 434 g/mol. The van der Waals surface area contributed by atoms with Crippen LogP contribution < -0.4 is 0 Å². The molecule has 1 atom stereocenters. The lowest BCUT2D eigenvalue weighted by Gasteiger charge is -2.23. The number of phosphoric acid groups is 1. The summed E-state index contributed by atoms with van der Waals surface area (Å²) >= 11 is 0. The van der Waals surface area contributed by atoms with Crippen LogP contribution in [-0.2, 0) is 19.0 Å². The van der Waals surface area contributed by atoms with Crippen LogP contribution in [-0.4, -0.2) is 67.1 Å². The molecular formula is C23H35N2O4P+2. The van der Waals surface area contributed by atoms with Crippen LogP contribution in [0.25, 0.3) is 10.8 Å². The van der Waals surface area contributed by atoms with Gasteiger partial charge in [0.2, 0.25) is 5.69 Å². The fraction of sp³-hybridized carbons (Fsp3) is 0.522. The van der Waals surface area contributed by atoms with E-state index in [1.807, 2.05) is 21.1 Å². The van der Waals surface area contributed by atoms with Crippen LogP contribution in [0.4, 0.5) is 5.69 Å². The maximum absolute atomic E-state index is 12.1. The molecule has 0 radical (unpaired) electrons. The largest absolute Gasteiger partial charge is 0.472 e. The maximum atomic E-state index is 12.1. The molecule has 0 amide bonds. The molecule has 0 saturated heterocycles. The van der Waals surface area contributed by atoms with Crippen LogP contribution in [0.15, 0.2) is 36.4 Å². The van der Waals surface area contributed by atoms with Crippen molar-refractivity contribution < 1.29 is 27.6 Å². The normalized spacial score (nSPS) is 18.0. The van der Waals surface area contributed by atoms with Gasteiger partial charge in [-0.1, -0.05) is 24.3 Å². The Bertz CT molecular complexity index is 1010. The molecular weight excluding hydrogens is 399 g/mol. The Kier molecular flexibility index (Phi) is 6.57. The number of fused-ring (bicyclic) bond motifs is 3. The number of quaternary nitrogens is 1. The van der Waals surface area contributed by atoms with Gasteiger partial charge in [-0.25, -0.2) is 4.57 Å². The minimum Gasteiger partial charge on any atom is -0.329 e. The molecule has 0 fully saturated rings. The summed E-state index contributed by atoms with van der Waals surface area (Å²) in [7, 11) is 2.00. The Labute approximate surface area is 179 Å². The lowest BCUT2D eigenvalue weighted by Crippen LogP contribution is -2.37. The summed E-state index contributed by atoms with van der Waals surface area (Å²) in [5.74, 6) is 0. The lowest BCUT2D eigenvalue weighted by molar-refractivity contribution is -0.870. The van der Waals surface area contributed by atoms with Crippen LogP contribution >= 0.6 is 7.82 Å². The summed E-state index contributed by atoms with van der Waals surface area (Å²) in [5.41, 5.74) is 3.76. The van der Waals surface area contributed by atoms with E-state index >= 15 is 0 Å². The number of hydrogen-bond acceptors (Lipinski definition) is 3. The van der Waals surface area contributed by atoms with Crippen LogP contribution in [0.5, 0.6) is 0 Å². The van der Waals surface area contributed by atoms with E-state index in [0.29, 0.717) is 17.4 Å². The van der Waals surface area contributed by atoms with E-state index in [2.05, 4.69) is 61.7 Å². The first-order chi connectivity index (χ1) is 13.9. The molecule has 0 aliphatic carbocycles. The van der Waals surface area contributed by atoms with Crippen molar-refractivity contribution in [2.45, 2.75) is 32.6 Å². The molecule has 0 bridgehead atoms. The Hall–Kier alpha value is -1.56. The summed E-state index contributed by atoms with van der Waals surface area (Å²) in [4.78, 5) is 9.90. The summed E-state index contributed by atoms with van der Waals surface area (Å²) in [5, 5.41) is 2.53. The lowest BCUT2D eigenvalue weighted by atomic mass is 9.80. The maximum Gasteiger partial charge on any atom is 0.472 e. The van der Waals surface area contributed by atoms with Gasteiger partial charge >= 0.3 is 7.82 Å². The average molecular weight is 435 g/mol. The summed E-state index contributed by atoms with van der Waals surface area (Å²) < 4.78 is 25.4. The molecule has 7 heteroatoms. The predicted octanol–water partition coefficient (Wildman–Crippen LogP) is 4.47. The van der Waals surface area contributed by atoms with E-state index in [9.17, 15) is 9.46 Å². The molecule has 1 aliphatic rings. The molecule has 0 spiro atoms. The van der Waals surface area contributed by atoms with Crippen molar-refractivity contribution in [3.63, 3.8) is 0 Å². The number of rotatable bonds is 9. The van der Waals surface area contributed by atoms with Crippen molar-refractivity contribution in [2.75, 3.05) is 47.4 Å². The van der Waals surface area contributed by atoms with E-state index in [4.69, 9.17) is 9.05 Å². The summed E-state index contributed by atoms with van der Waals surface area (Å²) in [6.45, 7) is 8.40. The zero-order valence-electron chi connectivity index (χ0n) is 19.0. The Morgan fingerprint density at radius 1 is 1.07 bits per heavy atom. The van der Waals surface area contributed by atoms with Gasteiger partial charge in [-0.3, -0.25) is 9.05 Å². The molecule has 1 heterocycles. The molecule has 2 aromatic carbocycles. The quantitative estimate of drug-likeness (QED) is 0.274. The molecule has 0 aromatic heterocycles. The van der Waals surface area contributed by atoms with Crippen LogP contribution in [0, 0.1) is 0 Å². The smallest absolute Gasteiger partial charge is 0.329 e. The minimum atomic E-state index is -4.01. The highest BCUT2D eigenvalue weighted by molar-refractivity contribution is 7.47. The Balaban J connectivity index is 1.65. The van der Waals surface area contributed by atoms with Crippen molar-refractivity contribution in [3.05, 3.63) is 42.0 Å². The first-order valence-corrected chi connectivity index (χ1v) is 12.0. The number of phosphoric ester groups is 1. The molecule has 30 heavy (non-hydrogen) atoms. The first kappa shape index (κ1) is 23.1. The third-order valence-electron chi connectivity index (χ3n) is 5.93. The van der Waals surface area contributed by atoms with Gasteiger partial charge in [-0.15, -0.1) is 0 Å². The fourth-order valence-corrected chi connectivity index (χ4v) is 4.75. The van der Waals surface area contributed by atoms with Crippen molar-refractivity contribution in [3.8, 4) is 0 Å². The molecule has 1 N–H and O–H groups in total. The average Bonchev–Trinajstić information content (AvgIpc) is 2.84. The van der Waals surface area contributed by atoms with E-state index in [-0.39, 0.29) is 18.6 Å². The van der Waals surface area contributed by atoms with Crippen LogP contribution in [0.3, 0.4) is 0 Å². The van der Waals surface area contributed by atoms with Crippen LogP contribution in [0.2, 0.25) is 0 Å². The van der Waals surface area contributed by atoms with Crippen molar-refractivity contribution in [1.29, 1.82) is 0 Å². The zero-order chi connectivity index (χ0) is 22.2. The summed E-state index contributed by atoms with van der Waals surface area (Å²) in [6, 6.07) is 12.8. The van der Waals surface area contributed by atoms with Gasteiger partial charge in [0, 0.05) is 25.0 Å². The Morgan fingerprint density at radius 3 is 2.43 bits per heavy atom. The number of hydrogen-bond donors (Lipinski definition) is 1. The van der Waals surface area contributed by atoms with Gasteiger partial charge in [0.1, 0.15) is 13.2 Å². The highest BCUT2D eigenvalue weighted by Gasteiger charge is 2.44. The van der Waals surface area contributed by atoms with E-state index in [1.54, 1.807) is 0 Å². The van der Waals surface area contributed by atoms with E-state index < -0.39 is 7.82 Å². The number of nitrogens with zero attached hydrogens (tertiary/aromatic N) is 2. The molecule has 1 aliphatic heterocycles. The molecule has 0 saturated carbocycles. The van der Waals surface area contributed by atoms with E-state index in [1.165, 1.54) is 27.7 Å². The highest BCUT2D eigenvalue weighted by Crippen LogP contribution is 2.45. The van der Waals surface area contributed by atoms with Gasteiger partial charge in [-0.2, -0.15) is 4.58 Å². The predicted molar refractivity (Wildman–Crippen MR) is 122 cm³/mol. The van der Waals surface area contributed by atoms with Crippen LogP contribution in [0.1, 0.15) is 32.8 Å². The first-order valence-electron chi connectivity index (χ1n) is 10.5. The molecule has 6 nitrogen and oxygen atoms in total. The van der Waals surface area contributed by atoms with Crippen molar-refractivity contribution in [2.24, 2.45) is 0 Å². The van der Waals surface area contributed by atoms with Gasteiger partial charge in [0.15, 0.2) is 12.3 Å². The number of likely N-dealkylation sites (N-methyl/N-ethyl adjacent to an activating group) is 1. The van der Waals surface area contributed by atoms with Crippen molar-refractivity contribution >= 4 is 30.0 Å². The van der Waals surface area contributed by atoms with Gasteiger partial charge < -0.3 is 9.38 Å².